The Hall–Kier alpha value is -1.16. The van der Waals surface area contributed by atoms with Crippen molar-refractivity contribution in [2.45, 2.75) is 25.8 Å². The van der Waals surface area contributed by atoms with Crippen molar-refractivity contribution in [3.05, 3.63) is 57.8 Å². The topological polar surface area (TPSA) is 38.0 Å². The van der Waals surface area contributed by atoms with Crippen molar-refractivity contribution in [1.29, 1.82) is 0 Å². The van der Waals surface area contributed by atoms with Crippen LogP contribution in [0.15, 0.2) is 41.8 Å². The minimum absolute atomic E-state index is 0.235. The number of nitrogens with two attached hydrogens (primary N) is 1. The Balaban J connectivity index is 2.04. The second kappa shape index (κ2) is 5.96. The minimum atomic E-state index is 0.235. The van der Waals surface area contributed by atoms with Crippen LogP contribution in [-0.2, 0) is 6.42 Å². The van der Waals surface area contributed by atoms with Gasteiger partial charge in [0, 0.05) is 10.9 Å². The van der Waals surface area contributed by atoms with Gasteiger partial charge >= 0.3 is 0 Å². The zero-order chi connectivity index (χ0) is 12.1. The Bertz CT molecular complexity index is 451. The van der Waals surface area contributed by atoms with Crippen LogP contribution in [0.3, 0.4) is 0 Å². The number of rotatable bonds is 5. The van der Waals surface area contributed by atoms with Crippen LogP contribution in [0.5, 0.6) is 0 Å². The summed E-state index contributed by atoms with van der Waals surface area (Å²) in [6, 6.07) is 12.9. The molecule has 0 fully saturated rings. The molecule has 90 valence electrons. The van der Waals surface area contributed by atoms with Gasteiger partial charge in [0.1, 0.15) is 0 Å². The standard InChI is InChI=1S/C14H18N2S/c1-11-5-2-3-7-13(11)14(16-15)9-8-12-6-4-10-17-12/h2-7,10,14,16H,8-9,15H2,1H3. The first kappa shape index (κ1) is 12.3. The van der Waals surface area contributed by atoms with Gasteiger partial charge in [0.25, 0.3) is 0 Å². The average molecular weight is 246 g/mol. The molecule has 2 rings (SSSR count). The molecule has 0 aliphatic heterocycles. The lowest BCUT2D eigenvalue weighted by molar-refractivity contribution is 0.516. The van der Waals surface area contributed by atoms with Crippen LogP contribution in [0.1, 0.15) is 28.5 Å². The number of nitrogens with one attached hydrogen (secondary N) is 1. The summed E-state index contributed by atoms with van der Waals surface area (Å²) in [4.78, 5) is 1.42. The molecule has 1 aromatic heterocycles. The van der Waals surface area contributed by atoms with E-state index >= 15 is 0 Å². The molecule has 1 unspecified atom stereocenters. The molecule has 17 heavy (non-hydrogen) atoms. The van der Waals surface area contributed by atoms with Crippen molar-refractivity contribution in [2.75, 3.05) is 0 Å². The van der Waals surface area contributed by atoms with E-state index in [0.717, 1.165) is 12.8 Å². The summed E-state index contributed by atoms with van der Waals surface area (Å²) in [6.07, 6.45) is 2.10. The predicted molar refractivity (Wildman–Crippen MR) is 73.9 cm³/mol. The summed E-state index contributed by atoms with van der Waals surface area (Å²) in [6.45, 7) is 2.13. The molecule has 0 amide bonds. The summed E-state index contributed by atoms with van der Waals surface area (Å²) in [7, 11) is 0. The maximum absolute atomic E-state index is 5.67. The molecule has 1 atom stereocenters. The summed E-state index contributed by atoms with van der Waals surface area (Å²) < 4.78 is 0. The molecule has 0 aliphatic carbocycles. The van der Waals surface area contributed by atoms with Crippen LogP contribution in [0, 0.1) is 6.92 Å². The van der Waals surface area contributed by atoms with E-state index in [2.05, 4.69) is 54.1 Å². The number of benzene rings is 1. The summed E-state index contributed by atoms with van der Waals surface area (Å²) in [5, 5.41) is 2.12. The van der Waals surface area contributed by atoms with E-state index in [9.17, 15) is 0 Å². The van der Waals surface area contributed by atoms with Gasteiger partial charge in [-0.2, -0.15) is 0 Å². The number of aryl methyl sites for hydroxylation is 2. The second-order valence-electron chi connectivity index (χ2n) is 4.19. The zero-order valence-corrected chi connectivity index (χ0v) is 10.8. The number of hydrogen-bond acceptors (Lipinski definition) is 3. The molecular weight excluding hydrogens is 228 g/mol. The highest BCUT2D eigenvalue weighted by atomic mass is 32.1. The molecular formula is C14H18N2S. The maximum atomic E-state index is 5.67. The van der Waals surface area contributed by atoms with E-state index in [1.807, 2.05) is 0 Å². The Labute approximate surface area is 106 Å². The smallest absolute Gasteiger partial charge is 0.0466 e. The molecule has 0 saturated heterocycles. The SMILES string of the molecule is Cc1ccccc1C(CCc1cccs1)NN. The predicted octanol–water partition coefficient (Wildman–Crippen LogP) is 3.19. The summed E-state index contributed by atoms with van der Waals surface area (Å²) in [5.41, 5.74) is 5.52. The Morgan fingerprint density at radius 3 is 2.71 bits per heavy atom. The lowest BCUT2D eigenvalue weighted by atomic mass is 9.98. The van der Waals surface area contributed by atoms with Gasteiger partial charge in [-0.3, -0.25) is 11.3 Å². The van der Waals surface area contributed by atoms with E-state index in [-0.39, 0.29) is 6.04 Å². The largest absolute Gasteiger partial charge is 0.271 e. The fraction of sp³-hybridized carbons (Fsp3) is 0.286. The number of hydrogen-bond donors (Lipinski definition) is 2. The first-order valence-corrected chi connectivity index (χ1v) is 6.73. The van der Waals surface area contributed by atoms with Crippen molar-refractivity contribution in [2.24, 2.45) is 5.84 Å². The Morgan fingerprint density at radius 1 is 1.24 bits per heavy atom. The third kappa shape index (κ3) is 3.16. The third-order valence-electron chi connectivity index (χ3n) is 3.02. The summed E-state index contributed by atoms with van der Waals surface area (Å²) in [5.74, 6) is 5.67. The van der Waals surface area contributed by atoms with Gasteiger partial charge < -0.3 is 0 Å². The Morgan fingerprint density at radius 2 is 2.06 bits per heavy atom. The van der Waals surface area contributed by atoms with Gasteiger partial charge in [-0.05, 0) is 42.3 Å². The lowest BCUT2D eigenvalue weighted by Gasteiger charge is -2.18. The molecule has 0 spiro atoms. The number of thiophene rings is 1. The van der Waals surface area contributed by atoms with Crippen molar-refractivity contribution in [3.8, 4) is 0 Å². The van der Waals surface area contributed by atoms with Crippen molar-refractivity contribution < 1.29 is 0 Å². The highest BCUT2D eigenvalue weighted by Gasteiger charge is 2.11. The van der Waals surface area contributed by atoms with Gasteiger partial charge in [0.05, 0.1) is 0 Å². The van der Waals surface area contributed by atoms with Crippen LogP contribution in [0.25, 0.3) is 0 Å². The molecule has 0 radical (unpaired) electrons. The van der Waals surface area contributed by atoms with Gasteiger partial charge in [-0.15, -0.1) is 11.3 Å². The molecule has 0 bridgehead atoms. The monoisotopic (exact) mass is 246 g/mol. The first-order valence-electron chi connectivity index (χ1n) is 5.85. The van der Waals surface area contributed by atoms with E-state index in [4.69, 9.17) is 5.84 Å². The van der Waals surface area contributed by atoms with Gasteiger partial charge in [0.2, 0.25) is 0 Å². The minimum Gasteiger partial charge on any atom is -0.271 e. The molecule has 2 nitrogen and oxygen atoms in total. The lowest BCUT2D eigenvalue weighted by Crippen LogP contribution is -2.28. The van der Waals surface area contributed by atoms with Gasteiger partial charge in [0.15, 0.2) is 0 Å². The van der Waals surface area contributed by atoms with Gasteiger partial charge in [-0.25, -0.2) is 0 Å². The fourth-order valence-electron chi connectivity index (χ4n) is 2.05. The molecule has 1 aromatic carbocycles. The van der Waals surface area contributed by atoms with E-state index in [0.29, 0.717) is 0 Å². The summed E-state index contributed by atoms with van der Waals surface area (Å²) >= 11 is 1.81. The third-order valence-corrected chi connectivity index (χ3v) is 3.96. The Kier molecular flexibility index (Phi) is 4.31. The van der Waals surface area contributed by atoms with Crippen LogP contribution >= 0.6 is 11.3 Å². The molecule has 0 saturated carbocycles. The molecule has 3 heteroatoms. The molecule has 3 N–H and O–H groups in total. The van der Waals surface area contributed by atoms with Crippen LogP contribution in [0.4, 0.5) is 0 Å². The number of hydrazine groups is 1. The van der Waals surface area contributed by atoms with Crippen molar-refractivity contribution >= 4 is 11.3 Å². The van der Waals surface area contributed by atoms with Crippen molar-refractivity contribution in [3.63, 3.8) is 0 Å². The van der Waals surface area contributed by atoms with Crippen LogP contribution in [-0.4, -0.2) is 0 Å². The highest BCUT2D eigenvalue weighted by molar-refractivity contribution is 7.09. The molecule has 0 aliphatic rings. The first-order chi connectivity index (χ1) is 8.31. The fourth-order valence-corrected chi connectivity index (χ4v) is 2.77. The van der Waals surface area contributed by atoms with Crippen LogP contribution < -0.4 is 11.3 Å². The highest BCUT2D eigenvalue weighted by Crippen LogP contribution is 2.22. The van der Waals surface area contributed by atoms with Gasteiger partial charge in [-0.1, -0.05) is 30.3 Å². The quantitative estimate of drug-likeness (QED) is 0.628. The average Bonchev–Trinajstić information content (AvgIpc) is 2.85. The van der Waals surface area contributed by atoms with Crippen molar-refractivity contribution in [1.82, 2.24) is 5.43 Å². The van der Waals surface area contributed by atoms with E-state index < -0.39 is 0 Å². The second-order valence-corrected chi connectivity index (χ2v) is 5.23. The molecule has 2 aromatic rings. The normalized spacial score (nSPS) is 12.6. The van der Waals surface area contributed by atoms with Crippen LogP contribution in [0.2, 0.25) is 0 Å². The zero-order valence-electron chi connectivity index (χ0n) is 10.0. The molecule has 1 heterocycles. The van der Waals surface area contributed by atoms with E-state index in [1.54, 1.807) is 11.3 Å². The maximum Gasteiger partial charge on any atom is 0.0466 e. The van der Waals surface area contributed by atoms with E-state index in [1.165, 1.54) is 16.0 Å².